The zero-order valence-corrected chi connectivity index (χ0v) is 14.5. The number of carbonyl (C=O) groups is 1. The summed E-state index contributed by atoms with van der Waals surface area (Å²) in [5.74, 6) is 0.138. The first-order chi connectivity index (χ1) is 11.1. The molecule has 1 aromatic heterocycles. The molecule has 0 radical (unpaired) electrons. The van der Waals surface area contributed by atoms with Gasteiger partial charge in [0.15, 0.2) is 11.9 Å². The Bertz CT molecular complexity index is 698. The molecule has 1 heterocycles. The van der Waals surface area contributed by atoms with Crippen molar-refractivity contribution in [2.75, 3.05) is 6.61 Å². The van der Waals surface area contributed by atoms with E-state index in [0.29, 0.717) is 12.4 Å². The van der Waals surface area contributed by atoms with Crippen LogP contribution in [-0.4, -0.2) is 12.6 Å². The molecule has 0 saturated heterocycles. The van der Waals surface area contributed by atoms with Gasteiger partial charge in [-0.05, 0) is 18.6 Å². The normalized spacial score (nSPS) is 10.0. The van der Waals surface area contributed by atoms with E-state index in [9.17, 15) is 4.79 Å². The lowest BCUT2D eigenvalue weighted by Gasteiger charge is -2.06. The van der Waals surface area contributed by atoms with Gasteiger partial charge in [0.1, 0.15) is 10.8 Å². The van der Waals surface area contributed by atoms with Gasteiger partial charge in [-0.2, -0.15) is 4.57 Å². The van der Waals surface area contributed by atoms with E-state index in [1.807, 2.05) is 36.4 Å². The summed E-state index contributed by atoms with van der Waals surface area (Å²) in [5, 5.41) is 0. The van der Waals surface area contributed by atoms with Crippen LogP contribution in [0.1, 0.15) is 12.5 Å². The second-order valence-electron chi connectivity index (χ2n) is 4.61. The smallest absolute Gasteiger partial charge is 0.405 e. The number of carbonyl (C=O) groups excluding carboxylic acids is 1. The van der Waals surface area contributed by atoms with E-state index < -0.39 is 5.97 Å². The fraction of sp³-hybridized carbons (Fsp3) is 0.176. The molecule has 0 atom stereocenters. The maximum atomic E-state index is 12.0. The highest BCUT2D eigenvalue weighted by molar-refractivity contribution is 8.05. The van der Waals surface area contributed by atoms with Crippen LogP contribution in [0.3, 0.4) is 0 Å². The van der Waals surface area contributed by atoms with Gasteiger partial charge in [-0.3, -0.25) is 0 Å². The van der Waals surface area contributed by atoms with Crippen molar-refractivity contribution >= 4 is 36.9 Å². The monoisotopic (exact) mass is 348 g/mol. The first kappa shape index (κ1) is 17.4. The van der Waals surface area contributed by atoms with Gasteiger partial charge in [0.2, 0.25) is 6.20 Å². The van der Waals surface area contributed by atoms with Crippen LogP contribution in [0.25, 0.3) is 5.70 Å². The van der Waals surface area contributed by atoms with Crippen LogP contribution in [0, 0.1) is 0 Å². The second kappa shape index (κ2) is 8.64. The molecular weight excluding hydrogens is 330 g/mol. The lowest BCUT2D eigenvalue weighted by atomic mass is 10.2. The van der Waals surface area contributed by atoms with Gasteiger partial charge in [-0.1, -0.05) is 30.3 Å². The largest absolute Gasteiger partial charge is 0.483 e. The molecule has 2 rings (SSSR count). The molecule has 0 unspecified atom stereocenters. The van der Waals surface area contributed by atoms with Crippen molar-refractivity contribution in [2.24, 2.45) is 0 Å². The maximum Gasteiger partial charge on any atom is 0.405 e. The van der Waals surface area contributed by atoms with Gasteiger partial charge in [-0.25, -0.2) is 4.79 Å². The van der Waals surface area contributed by atoms with E-state index in [-0.39, 0.29) is 16.5 Å². The van der Waals surface area contributed by atoms with Gasteiger partial charge in [0.05, 0.1) is 6.61 Å². The molecule has 0 amide bonds. The van der Waals surface area contributed by atoms with E-state index in [2.05, 4.69) is 25.3 Å². The van der Waals surface area contributed by atoms with Crippen molar-refractivity contribution in [1.82, 2.24) is 0 Å². The van der Waals surface area contributed by atoms with Crippen LogP contribution in [0.4, 0.5) is 0 Å². The number of hydrogen-bond donors (Lipinski definition) is 2. The topological polar surface area (TPSA) is 39.4 Å². The minimum absolute atomic E-state index is 0.240. The number of ether oxygens (including phenoxy) is 2. The fourth-order valence-corrected chi connectivity index (χ4v) is 2.34. The van der Waals surface area contributed by atoms with Gasteiger partial charge < -0.3 is 9.47 Å². The summed E-state index contributed by atoms with van der Waals surface area (Å²) in [6.45, 7) is 2.47. The Hall–Kier alpha value is -1.92. The van der Waals surface area contributed by atoms with Crippen molar-refractivity contribution < 1.29 is 18.8 Å². The third-order valence-corrected chi connectivity index (χ3v) is 3.38. The summed E-state index contributed by atoms with van der Waals surface area (Å²) in [7, 11) is 0. The van der Waals surface area contributed by atoms with Crippen molar-refractivity contribution in [3.05, 3.63) is 64.7 Å². The molecule has 0 aliphatic rings. The van der Waals surface area contributed by atoms with Crippen LogP contribution < -0.4 is 9.30 Å². The molecule has 0 spiro atoms. The summed E-state index contributed by atoms with van der Waals surface area (Å²) >= 11 is 8.32. The highest BCUT2D eigenvalue weighted by Gasteiger charge is 2.25. The number of rotatable bonds is 6. The maximum absolute atomic E-state index is 12.0. The van der Waals surface area contributed by atoms with E-state index >= 15 is 0 Å². The van der Waals surface area contributed by atoms with Crippen LogP contribution >= 0.6 is 25.3 Å². The molecule has 0 fully saturated rings. The van der Waals surface area contributed by atoms with E-state index in [0.717, 1.165) is 5.56 Å². The highest BCUT2D eigenvalue weighted by atomic mass is 32.2. The summed E-state index contributed by atoms with van der Waals surface area (Å²) in [6.07, 6.45) is 3.41. The number of benzene rings is 1. The zero-order valence-electron chi connectivity index (χ0n) is 12.7. The zero-order chi connectivity index (χ0) is 16.7. The van der Waals surface area contributed by atoms with Crippen molar-refractivity contribution in [3.8, 4) is 5.75 Å². The Balaban J connectivity index is 2.18. The predicted octanol–water partition coefficient (Wildman–Crippen LogP) is 3.10. The Morgan fingerprint density at radius 1 is 1.13 bits per heavy atom. The van der Waals surface area contributed by atoms with Crippen LogP contribution in [-0.2, 0) is 16.1 Å². The van der Waals surface area contributed by atoms with Crippen LogP contribution in [0.15, 0.2) is 59.1 Å². The van der Waals surface area contributed by atoms with E-state index in [1.54, 1.807) is 30.0 Å². The molecule has 0 bridgehead atoms. The van der Waals surface area contributed by atoms with Crippen LogP contribution in [0.2, 0.25) is 0 Å². The SMILES string of the molecule is CCOC(=O)C(=C(S)S)[n+]1cccc(OCc2ccccc2)c1. The Morgan fingerprint density at radius 3 is 2.52 bits per heavy atom. The molecule has 23 heavy (non-hydrogen) atoms. The Morgan fingerprint density at radius 2 is 1.87 bits per heavy atom. The molecule has 120 valence electrons. The minimum atomic E-state index is -0.488. The predicted molar refractivity (Wildman–Crippen MR) is 95.2 cm³/mol. The van der Waals surface area contributed by atoms with Gasteiger partial charge in [0.25, 0.3) is 0 Å². The standard InChI is InChI=1S/C17H17NO3S2/c1-2-20-16(19)15(17(22)23)18-10-6-9-14(11-18)21-12-13-7-4-3-5-8-13/h3-11H,2,12H2,1H3,(H-,19,22,23)/p+1. The Labute approximate surface area is 146 Å². The van der Waals surface area contributed by atoms with Crippen molar-refractivity contribution in [1.29, 1.82) is 0 Å². The number of nitrogens with zero attached hydrogens (tertiary/aromatic N) is 1. The summed E-state index contributed by atoms with van der Waals surface area (Å²) in [4.78, 5) is 12.0. The molecule has 1 aromatic carbocycles. The summed E-state index contributed by atoms with van der Waals surface area (Å²) in [6, 6.07) is 13.4. The first-order valence-corrected chi connectivity index (χ1v) is 7.99. The van der Waals surface area contributed by atoms with Gasteiger partial charge in [0, 0.05) is 6.07 Å². The summed E-state index contributed by atoms with van der Waals surface area (Å²) in [5.41, 5.74) is 1.30. The highest BCUT2D eigenvalue weighted by Crippen LogP contribution is 2.16. The molecule has 0 aliphatic carbocycles. The molecular formula is C17H18NO3S2+. The average Bonchev–Trinajstić information content (AvgIpc) is 2.54. The average molecular weight is 348 g/mol. The third kappa shape index (κ3) is 5.04. The number of aromatic nitrogens is 1. The first-order valence-electron chi connectivity index (χ1n) is 7.09. The van der Waals surface area contributed by atoms with E-state index in [4.69, 9.17) is 9.47 Å². The molecule has 0 saturated carbocycles. The number of esters is 1. The lowest BCUT2D eigenvalue weighted by molar-refractivity contribution is -0.579. The molecule has 0 aliphatic heterocycles. The Kier molecular flexibility index (Phi) is 6.55. The van der Waals surface area contributed by atoms with E-state index in [1.165, 1.54) is 0 Å². The number of thiol groups is 2. The number of pyridine rings is 1. The van der Waals surface area contributed by atoms with Crippen molar-refractivity contribution in [2.45, 2.75) is 13.5 Å². The quantitative estimate of drug-likeness (QED) is 0.365. The molecule has 4 nitrogen and oxygen atoms in total. The van der Waals surface area contributed by atoms with Gasteiger partial charge >= 0.3 is 11.7 Å². The number of hydrogen-bond acceptors (Lipinski definition) is 5. The van der Waals surface area contributed by atoms with Gasteiger partial charge in [-0.15, -0.1) is 25.3 Å². The second-order valence-corrected chi connectivity index (χ2v) is 5.86. The summed E-state index contributed by atoms with van der Waals surface area (Å²) < 4.78 is 12.7. The van der Waals surface area contributed by atoms with Crippen molar-refractivity contribution in [3.63, 3.8) is 0 Å². The molecule has 0 N–H and O–H groups in total. The minimum Gasteiger partial charge on any atom is -0.483 e. The fourth-order valence-electron chi connectivity index (χ4n) is 1.93. The molecule has 6 heteroatoms. The third-order valence-electron chi connectivity index (χ3n) is 2.96. The lowest BCUT2D eigenvalue weighted by Crippen LogP contribution is -2.37. The van der Waals surface area contributed by atoms with Crippen LogP contribution in [0.5, 0.6) is 5.75 Å². The molecule has 2 aromatic rings.